The first-order chi connectivity index (χ1) is 11.3. The molecule has 0 bridgehead atoms. The van der Waals surface area contributed by atoms with E-state index in [9.17, 15) is 9.90 Å². The molecule has 2 heterocycles. The molecule has 1 aromatic carbocycles. The van der Waals surface area contributed by atoms with Gasteiger partial charge in [-0.15, -0.1) is 0 Å². The van der Waals surface area contributed by atoms with E-state index in [-0.39, 0.29) is 17.7 Å². The zero-order valence-corrected chi connectivity index (χ0v) is 12.9. The minimum absolute atomic E-state index is 0.150. The van der Waals surface area contributed by atoms with Crippen LogP contribution in [0.15, 0.2) is 23.0 Å². The molecule has 6 nitrogen and oxygen atoms in total. The molecule has 120 valence electrons. The van der Waals surface area contributed by atoms with Gasteiger partial charge >= 0.3 is 0 Å². The molecule has 1 fully saturated rings. The fraction of sp³-hybridized carbons (Fsp3) is 0.471. The standard InChI is InChI=1S/C17H19N3O3/c21-15-12-5-2-1-4-11(12)7-8-13(15)17(22)20-9-3-6-14(20)16-18-10-23-19-16/h7-8,10,14,21H,1-6,9H2. The monoisotopic (exact) mass is 313 g/mol. The molecule has 23 heavy (non-hydrogen) atoms. The van der Waals surface area contributed by atoms with Crippen LogP contribution in [0.25, 0.3) is 0 Å². The minimum atomic E-state index is -0.170. The summed E-state index contributed by atoms with van der Waals surface area (Å²) >= 11 is 0. The van der Waals surface area contributed by atoms with E-state index in [1.165, 1.54) is 12.0 Å². The highest BCUT2D eigenvalue weighted by molar-refractivity contribution is 5.97. The van der Waals surface area contributed by atoms with Gasteiger partial charge in [0.25, 0.3) is 5.91 Å². The number of carbonyl (C=O) groups excluding carboxylic acids is 1. The van der Waals surface area contributed by atoms with Crippen molar-refractivity contribution in [1.82, 2.24) is 15.0 Å². The van der Waals surface area contributed by atoms with Crippen LogP contribution in [0, 0.1) is 0 Å². The van der Waals surface area contributed by atoms with Crippen molar-refractivity contribution in [2.75, 3.05) is 6.54 Å². The number of hydrogen-bond acceptors (Lipinski definition) is 5. The van der Waals surface area contributed by atoms with Crippen LogP contribution in [-0.2, 0) is 12.8 Å². The highest BCUT2D eigenvalue weighted by Crippen LogP contribution is 2.36. The number of likely N-dealkylation sites (tertiary alicyclic amines) is 1. The van der Waals surface area contributed by atoms with E-state index in [0.717, 1.165) is 44.1 Å². The molecule has 1 aliphatic carbocycles. The van der Waals surface area contributed by atoms with E-state index >= 15 is 0 Å². The third-order valence-corrected chi connectivity index (χ3v) is 4.92. The summed E-state index contributed by atoms with van der Waals surface area (Å²) in [6, 6.07) is 3.57. The summed E-state index contributed by atoms with van der Waals surface area (Å²) in [6.45, 7) is 0.647. The van der Waals surface area contributed by atoms with Gasteiger partial charge in [-0.05, 0) is 55.7 Å². The van der Waals surface area contributed by atoms with Crippen molar-refractivity contribution in [1.29, 1.82) is 0 Å². The van der Waals surface area contributed by atoms with Gasteiger partial charge in [-0.25, -0.2) is 0 Å². The number of nitrogens with zero attached hydrogens (tertiary/aromatic N) is 3. The van der Waals surface area contributed by atoms with Crippen molar-refractivity contribution >= 4 is 5.91 Å². The number of carbonyl (C=O) groups is 1. The van der Waals surface area contributed by atoms with Gasteiger partial charge in [0.15, 0.2) is 5.82 Å². The molecule has 1 unspecified atom stereocenters. The number of aromatic hydroxyl groups is 1. The van der Waals surface area contributed by atoms with Gasteiger partial charge in [0.2, 0.25) is 6.39 Å². The van der Waals surface area contributed by atoms with Gasteiger partial charge in [0, 0.05) is 6.54 Å². The second-order valence-corrected chi connectivity index (χ2v) is 6.25. The van der Waals surface area contributed by atoms with E-state index in [0.29, 0.717) is 17.9 Å². The number of fused-ring (bicyclic) bond motifs is 1. The molecule has 0 radical (unpaired) electrons. The molecule has 1 saturated heterocycles. The number of benzene rings is 1. The third kappa shape index (κ3) is 2.38. The second-order valence-electron chi connectivity index (χ2n) is 6.25. The van der Waals surface area contributed by atoms with Gasteiger partial charge in [-0.2, -0.15) is 4.98 Å². The Labute approximate surface area is 134 Å². The predicted octanol–water partition coefficient (Wildman–Crippen LogP) is 2.63. The van der Waals surface area contributed by atoms with Crippen LogP contribution in [0.4, 0.5) is 0 Å². The topological polar surface area (TPSA) is 79.5 Å². The lowest BCUT2D eigenvalue weighted by molar-refractivity contribution is 0.0725. The predicted molar refractivity (Wildman–Crippen MR) is 82.1 cm³/mol. The van der Waals surface area contributed by atoms with Crippen LogP contribution in [-0.4, -0.2) is 32.6 Å². The molecule has 1 aliphatic heterocycles. The fourth-order valence-electron chi connectivity index (χ4n) is 3.74. The Hall–Kier alpha value is -2.37. The van der Waals surface area contributed by atoms with Crippen LogP contribution in [0.3, 0.4) is 0 Å². The van der Waals surface area contributed by atoms with Crippen molar-refractivity contribution in [2.24, 2.45) is 0 Å². The lowest BCUT2D eigenvalue weighted by Crippen LogP contribution is -2.31. The van der Waals surface area contributed by atoms with E-state index in [2.05, 4.69) is 10.1 Å². The normalized spacial score (nSPS) is 20.5. The number of rotatable bonds is 2. The average molecular weight is 313 g/mol. The summed E-state index contributed by atoms with van der Waals surface area (Å²) in [7, 11) is 0. The van der Waals surface area contributed by atoms with Crippen LogP contribution < -0.4 is 0 Å². The first-order valence-corrected chi connectivity index (χ1v) is 8.16. The Balaban J connectivity index is 1.66. The van der Waals surface area contributed by atoms with E-state index < -0.39 is 0 Å². The molecule has 2 aliphatic rings. The molecular formula is C17H19N3O3. The molecule has 1 aromatic heterocycles. The van der Waals surface area contributed by atoms with Crippen molar-refractivity contribution in [3.05, 3.63) is 41.0 Å². The Morgan fingerprint density at radius 1 is 1.26 bits per heavy atom. The quantitative estimate of drug-likeness (QED) is 0.922. The number of aryl methyl sites for hydroxylation is 1. The lowest BCUT2D eigenvalue weighted by Gasteiger charge is -2.24. The summed E-state index contributed by atoms with van der Waals surface area (Å²) in [6.07, 6.45) is 7.03. The van der Waals surface area contributed by atoms with Crippen molar-refractivity contribution in [2.45, 2.75) is 44.6 Å². The zero-order valence-electron chi connectivity index (χ0n) is 12.9. The van der Waals surface area contributed by atoms with Crippen LogP contribution in [0.5, 0.6) is 5.75 Å². The molecule has 2 aromatic rings. The van der Waals surface area contributed by atoms with Gasteiger partial charge in [0.05, 0.1) is 11.6 Å². The smallest absolute Gasteiger partial charge is 0.258 e. The number of amides is 1. The first kappa shape index (κ1) is 14.2. The van der Waals surface area contributed by atoms with Crippen LogP contribution >= 0.6 is 0 Å². The minimum Gasteiger partial charge on any atom is -0.507 e. The second kappa shape index (κ2) is 5.68. The molecule has 1 amide bonds. The van der Waals surface area contributed by atoms with Gasteiger partial charge in [-0.1, -0.05) is 11.2 Å². The van der Waals surface area contributed by atoms with Crippen molar-refractivity contribution in [3.63, 3.8) is 0 Å². The fourth-order valence-corrected chi connectivity index (χ4v) is 3.74. The average Bonchev–Trinajstić information content (AvgIpc) is 3.26. The van der Waals surface area contributed by atoms with E-state index in [1.54, 1.807) is 11.0 Å². The van der Waals surface area contributed by atoms with Gasteiger partial charge in [-0.3, -0.25) is 4.79 Å². The Kier molecular flexibility index (Phi) is 3.52. The maximum absolute atomic E-state index is 12.9. The maximum atomic E-state index is 12.9. The summed E-state index contributed by atoms with van der Waals surface area (Å²) in [5, 5.41) is 14.5. The van der Waals surface area contributed by atoms with E-state index in [1.807, 2.05) is 6.07 Å². The number of phenols is 1. The Bertz CT molecular complexity index is 727. The molecule has 0 saturated carbocycles. The molecule has 4 rings (SSSR count). The SMILES string of the molecule is O=C(c1ccc2c(c1O)CCCC2)N1CCCC1c1ncon1. The zero-order chi connectivity index (χ0) is 15.8. The number of hydrogen-bond donors (Lipinski definition) is 1. The molecule has 0 spiro atoms. The first-order valence-electron chi connectivity index (χ1n) is 8.16. The van der Waals surface area contributed by atoms with Crippen LogP contribution in [0.2, 0.25) is 0 Å². The van der Waals surface area contributed by atoms with Crippen LogP contribution in [0.1, 0.15) is 59.0 Å². The third-order valence-electron chi connectivity index (χ3n) is 4.92. The van der Waals surface area contributed by atoms with E-state index in [4.69, 9.17) is 4.52 Å². The Morgan fingerprint density at radius 3 is 2.96 bits per heavy atom. The molecule has 6 heteroatoms. The number of phenolic OH excluding ortho intramolecular Hbond substituents is 1. The molecular weight excluding hydrogens is 294 g/mol. The number of aromatic nitrogens is 2. The van der Waals surface area contributed by atoms with Crippen molar-refractivity contribution < 1.29 is 14.4 Å². The maximum Gasteiger partial charge on any atom is 0.258 e. The Morgan fingerprint density at radius 2 is 2.13 bits per heavy atom. The molecule has 1 N–H and O–H groups in total. The summed E-state index contributed by atoms with van der Waals surface area (Å²) < 4.78 is 4.81. The van der Waals surface area contributed by atoms with Gasteiger partial charge < -0.3 is 14.5 Å². The van der Waals surface area contributed by atoms with Crippen molar-refractivity contribution in [3.8, 4) is 5.75 Å². The largest absolute Gasteiger partial charge is 0.507 e. The highest BCUT2D eigenvalue weighted by Gasteiger charge is 2.34. The summed E-state index contributed by atoms with van der Waals surface area (Å²) in [5.41, 5.74) is 2.50. The van der Waals surface area contributed by atoms with Gasteiger partial charge in [0.1, 0.15) is 5.75 Å². The summed E-state index contributed by atoms with van der Waals surface area (Å²) in [5.74, 6) is 0.544. The lowest BCUT2D eigenvalue weighted by atomic mass is 9.89. The molecule has 1 atom stereocenters. The highest BCUT2D eigenvalue weighted by atomic mass is 16.5. The summed E-state index contributed by atoms with van der Waals surface area (Å²) in [4.78, 5) is 18.8.